The SMILES string of the molecule is CC(C)CCCCCC(C)CC(=O)O. The number of hydrogen-bond donors (Lipinski definition) is 1. The average molecular weight is 200 g/mol. The van der Waals surface area contributed by atoms with Crippen LogP contribution in [0.25, 0.3) is 0 Å². The summed E-state index contributed by atoms with van der Waals surface area (Å²) in [4.78, 5) is 10.4. The number of hydrogen-bond acceptors (Lipinski definition) is 1. The van der Waals surface area contributed by atoms with Crippen LogP contribution in [0, 0.1) is 11.8 Å². The molecule has 2 nitrogen and oxygen atoms in total. The smallest absolute Gasteiger partial charge is 0.303 e. The van der Waals surface area contributed by atoms with Gasteiger partial charge in [-0.25, -0.2) is 0 Å². The first kappa shape index (κ1) is 13.5. The summed E-state index contributed by atoms with van der Waals surface area (Å²) in [6.45, 7) is 6.51. The zero-order valence-corrected chi connectivity index (χ0v) is 9.75. The van der Waals surface area contributed by atoms with E-state index in [9.17, 15) is 4.79 Å². The van der Waals surface area contributed by atoms with Gasteiger partial charge in [-0.1, -0.05) is 52.9 Å². The lowest BCUT2D eigenvalue weighted by molar-refractivity contribution is -0.138. The van der Waals surface area contributed by atoms with E-state index in [0.717, 1.165) is 12.3 Å². The fraction of sp³-hybridized carbons (Fsp3) is 0.917. The van der Waals surface area contributed by atoms with Crippen molar-refractivity contribution in [2.45, 2.75) is 59.3 Å². The van der Waals surface area contributed by atoms with Crippen molar-refractivity contribution in [3.63, 3.8) is 0 Å². The molecule has 2 heteroatoms. The lowest BCUT2D eigenvalue weighted by Gasteiger charge is -2.08. The van der Waals surface area contributed by atoms with E-state index in [1.807, 2.05) is 6.92 Å². The minimum absolute atomic E-state index is 0.324. The van der Waals surface area contributed by atoms with Gasteiger partial charge in [0.2, 0.25) is 0 Å². The lowest BCUT2D eigenvalue weighted by atomic mass is 9.98. The molecule has 1 N–H and O–H groups in total. The van der Waals surface area contributed by atoms with E-state index < -0.39 is 5.97 Å². The monoisotopic (exact) mass is 200 g/mol. The molecule has 0 aromatic carbocycles. The van der Waals surface area contributed by atoms with Gasteiger partial charge in [-0.2, -0.15) is 0 Å². The summed E-state index contributed by atoms with van der Waals surface area (Å²) in [5.74, 6) is 0.470. The minimum Gasteiger partial charge on any atom is -0.481 e. The van der Waals surface area contributed by atoms with Gasteiger partial charge in [-0.3, -0.25) is 4.79 Å². The summed E-state index contributed by atoms with van der Waals surface area (Å²) in [6.07, 6.45) is 6.41. The van der Waals surface area contributed by atoms with E-state index in [2.05, 4.69) is 13.8 Å². The quantitative estimate of drug-likeness (QED) is 0.606. The van der Waals surface area contributed by atoms with Crippen molar-refractivity contribution in [2.75, 3.05) is 0 Å². The van der Waals surface area contributed by atoms with Gasteiger partial charge < -0.3 is 5.11 Å². The fourth-order valence-electron chi connectivity index (χ4n) is 1.62. The van der Waals surface area contributed by atoms with Gasteiger partial charge in [0.25, 0.3) is 0 Å². The van der Waals surface area contributed by atoms with Crippen molar-refractivity contribution in [1.82, 2.24) is 0 Å². The first-order valence-corrected chi connectivity index (χ1v) is 5.74. The maximum Gasteiger partial charge on any atom is 0.303 e. The molecule has 0 aromatic heterocycles. The summed E-state index contributed by atoms with van der Waals surface area (Å²) in [7, 11) is 0. The molecule has 0 amide bonds. The maximum absolute atomic E-state index is 10.4. The van der Waals surface area contributed by atoms with Gasteiger partial charge in [-0.15, -0.1) is 0 Å². The Morgan fingerprint density at radius 3 is 2.14 bits per heavy atom. The molecule has 1 unspecified atom stereocenters. The Morgan fingerprint density at radius 2 is 1.64 bits per heavy atom. The zero-order valence-electron chi connectivity index (χ0n) is 9.75. The van der Waals surface area contributed by atoms with Crippen molar-refractivity contribution < 1.29 is 9.90 Å². The molecule has 0 aromatic rings. The van der Waals surface area contributed by atoms with Crippen LogP contribution in [0.1, 0.15) is 59.3 Å². The predicted octanol–water partition coefficient (Wildman–Crippen LogP) is 3.70. The first-order valence-electron chi connectivity index (χ1n) is 5.74. The highest BCUT2D eigenvalue weighted by Gasteiger charge is 2.06. The van der Waals surface area contributed by atoms with Gasteiger partial charge in [0.15, 0.2) is 0 Å². The van der Waals surface area contributed by atoms with Crippen LogP contribution in [0.4, 0.5) is 0 Å². The van der Waals surface area contributed by atoms with Gasteiger partial charge in [0.1, 0.15) is 0 Å². The Morgan fingerprint density at radius 1 is 1.07 bits per heavy atom. The molecular formula is C12H24O2. The van der Waals surface area contributed by atoms with Crippen molar-refractivity contribution in [2.24, 2.45) is 11.8 Å². The third kappa shape index (κ3) is 9.56. The number of carboxylic acids is 1. The molecule has 0 radical (unpaired) electrons. The largest absolute Gasteiger partial charge is 0.481 e. The maximum atomic E-state index is 10.4. The molecule has 0 aliphatic heterocycles. The summed E-state index contributed by atoms with van der Waals surface area (Å²) in [5, 5.41) is 8.56. The van der Waals surface area contributed by atoms with E-state index in [1.165, 1.54) is 25.7 Å². The first-order chi connectivity index (χ1) is 6.52. The van der Waals surface area contributed by atoms with Crippen molar-refractivity contribution >= 4 is 5.97 Å². The molecule has 0 heterocycles. The van der Waals surface area contributed by atoms with E-state index in [-0.39, 0.29) is 0 Å². The molecule has 0 aliphatic carbocycles. The molecule has 0 saturated heterocycles. The Bertz CT molecular complexity index is 152. The van der Waals surface area contributed by atoms with E-state index in [4.69, 9.17) is 5.11 Å². The van der Waals surface area contributed by atoms with Crippen LogP contribution < -0.4 is 0 Å². The molecule has 0 aliphatic rings. The van der Waals surface area contributed by atoms with Crippen LogP contribution in [0.2, 0.25) is 0 Å². The van der Waals surface area contributed by atoms with Crippen molar-refractivity contribution in [3.8, 4) is 0 Å². The standard InChI is InChI=1S/C12H24O2/c1-10(2)7-5-4-6-8-11(3)9-12(13)14/h10-11H,4-9H2,1-3H3,(H,13,14). The van der Waals surface area contributed by atoms with Crippen LogP contribution >= 0.6 is 0 Å². The lowest BCUT2D eigenvalue weighted by Crippen LogP contribution is -2.03. The topological polar surface area (TPSA) is 37.3 Å². The molecule has 0 fully saturated rings. The normalized spacial score (nSPS) is 13.1. The Labute approximate surface area is 87.7 Å². The van der Waals surface area contributed by atoms with Crippen molar-refractivity contribution in [3.05, 3.63) is 0 Å². The summed E-state index contributed by atoms with van der Waals surface area (Å²) < 4.78 is 0. The predicted molar refractivity (Wildman–Crippen MR) is 59.3 cm³/mol. The number of aliphatic carboxylic acids is 1. The molecule has 84 valence electrons. The highest BCUT2D eigenvalue weighted by atomic mass is 16.4. The molecule has 14 heavy (non-hydrogen) atoms. The zero-order chi connectivity index (χ0) is 11.0. The molecule has 0 rings (SSSR count). The average Bonchev–Trinajstić information content (AvgIpc) is 2.01. The number of carboxylic acid groups (broad SMARTS) is 1. The highest BCUT2D eigenvalue weighted by Crippen LogP contribution is 2.15. The van der Waals surface area contributed by atoms with E-state index in [0.29, 0.717) is 12.3 Å². The molecule has 1 atom stereocenters. The number of unbranched alkanes of at least 4 members (excludes halogenated alkanes) is 2. The summed E-state index contributed by atoms with van der Waals surface area (Å²) in [5.41, 5.74) is 0. The van der Waals surface area contributed by atoms with Crippen LogP contribution in [-0.4, -0.2) is 11.1 Å². The highest BCUT2D eigenvalue weighted by molar-refractivity contribution is 5.66. The third-order valence-corrected chi connectivity index (χ3v) is 2.50. The van der Waals surface area contributed by atoms with Gasteiger partial charge >= 0.3 is 5.97 Å². The number of carbonyl (C=O) groups is 1. The van der Waals surface area contributed by atoms with Crippen LogP contribution in [0.15, 0.2) is 0 Å². The second-order valence-electron chi connectivity index (χ2n) is 4.73. The van der Waals surface area contributed by atoms with Gasteiger partial charge in [0, 0.05) is 6.42 Å². The third-order valence-electron chi connectivity index (χ3n) is 2.50. The second-order valence-corrected chi connectivity index (χ2v) is 4.73. The molecule has 0 saturated carbocycles. The van der Waals surface area contributed by atoms with Gasteiger partial charge in [-0.05, 0) is 11.8 Å². The molecular weight excluding hydrogens is 176 g/mol. The summed E-state index contributed by atoms with van der Waals surface area (Å²) >= 11 is 0. The van der Waals surface area contributed by atoms with Gasteiger partial charge in [0.05, 0.1) is 0 Å². The second kappa shape index (κ2) is 7.84. The number of rotatable bonds is 8. The Hall–Kier alpha value is -0.530. The summed E-state index contributed by atoms with van der Waals surface area (Å²) in [6, 6.07) is 0. The minimum atomic E-state index is -0.667. The van der Waals surface area contributed by atoms with E-state index in [1.54, 1.807) is 0 Å². The molecule has 0 bridgehead atoms. The molecule has 0 spiro atoms. The van der Waals surface area contributed by atoms with Crippen LogP contribution in [0.3, 0.4) is 0 Å². The Kier molecular flexibility index (Phi) is 7.54. The van der Waals surface area contributed by atoms with E-state index >= 15 is 0 Å². The fourth-order valence-corrected chi connectivity index (χ4v) is 1.62. The van der Waals surface area contributed by atoms with Crippen LogP contribution in [-0.2, 0) is 4.79 Å². The van der Waals surface area contributed by atoms with Crippen LogP contribution in [0.5, 0.6) is 0 Å². The van der Waals surface area contributed by atoms with Crippen molar-refractivity contribution in [1.29, 1.82) is 0 Å². The Balaban J connectivity index is 3.23.